The van der Waals surface area contributed by atoms with Crippen LogP contribution in [0.15, 0.2) is 48.5 Å². The third-order valence-corrected chi connectivity index (χ3v) is 5.41. The Balaban J connectivity index is 1.60. The van der Waals surface area contributed by atoms with E-state index in [0.29, 0.717) is 18.8 Å². The molecule has 1 unspecified atom stereocenters. The Morgan fingerprint density at radius 2 is 1.94 bits per heavy atom. The number of carbonyl (C=O) groups excluding carboxylic acids is 1. The Morgan fingerprint density at radius 3 is 2.57 bits per heavy atom. The molecule has 2 aromatic rings. The number of halogens is 1. The number of carboxylic acid groups (broad SMARTS) is 1. The molecule has 1 aliphatic rings. The van der Waals surface area contributed by atoms with Crippen molar-refractivity contribution in [1.29, 1.82) is 0 Å². The second-order valence-corrected chi connectivity index (χ2v) is 9.49. The summed E-state index contributed by atoms with van der Waals surface area (Å²) in [7, 11) is 0. The van der Waals surface area contributed by atoms with Crippen molar-refractivity contribution in [2.45, 2.75) is 32.0 Å². The zero-order valence-corrected chi connectivity index (χ0v) is 20.5. The summed E-state index contributed by atoms with van der Waals surface area (Å²) in [6.45, 7) is 5.28. The summed E-state index contributed by atoms with van der Waals surface area (Å²) < 4.78 is 20.6. The highest BCUT2D eigenvalue weighted by Crippen LogP contribution is 2.24. The van der Waals surface area contributed by atoms with E-state index < -0.39 is 23.7 Å². The van der Waals surface area contributed by atoms with Crippen LogP contribution in [0.3, 0.4) is 0 Å². The SMILES string of the molecule is CC(C)(N)CN1CCN(C(=O)O)C(Oc2ccc(NC(=S)NC(=O)Cc3ccccc3)cc2F)C1. The van der Waals surface area contributed by atoms with E-state index in [1.54, 1.807) is 0 Å². The summed E-state index contributed by atoms with van der Waals surface area (Å²) >= 11 is 5.15. The van der Waals surface area contributed by atoms with Gasteiger partial charge in [0.2, 0.25) is 5.91 Å². The summed E-state index contributed by atoms with van der Waals surface area (Å²) in [5.41, 5.74) is 6.77. The number of rotatable bonds is 7. The third-order valence-electron chi connectivity index (χ3n) is 5.21. The van der Waals surface area contributed by atoms with Gasteiger partial charge in [0.1, 0.15) is 0 Å². The van der Waals surface area contributed by atoms with Crippen molar-refractivity contribution in [2.24, 2.45) is 5.73 Å². The number of nitrogens with two attached hydrogens (primary N) is 1. The highest BCUT2D eigenvalue weighted by atomic mass is 32.1. The molecule has 5 N–H and O–H groups in total. The lowest BCUT2D eigenvalue weighted by atomic mass is 10.1. The highest BCUT2D eigenvalue weighted by Gasteiger charge is 2.34. The van der Waals surface area contributed by atoms with Gasteiger partial charge in [0.25, 0.3) is 0 Å². The number of piperazine rings is 1. The smallest absolute Gasteiger partial charge is 0.410 e. The molecule has 188 valence electrons. The number of nitrogens with zero attached hydrogens (tertiary/aromatic N) is 2. The first-order valence-electron chi connectivity index (χ1n) is 11.1. The van der Waals surface area contributed by atoms with Gasteiger partial charge in [0.15, 0.2) is 22.9 Å². The summed E-state index contributed by atoms with van der Waals surface area (Å²) in [5, 5.41) is 14.9. The summed E-state index contributed by atoms with van der Waals surface area (Å²) in [6, 6.07) is 13.3. The molecular weight excluding hydrogens is 473 g/mol. The molecule has 3 rings (SSSR count). The number of nitrogens with one attached hydrogen (secondary N) is 2. The topological polar surface area (TPSA) is 120 Å². The maximum atomic E-state index is 14.8. The van der Waals surface area contributed by atoms with Gasteiger partial charge in [-0.05, 0) is 43.8 Å². The Kier molecular flexibility index (Phi) is 8.60. The van der Waals surface area contributed by atoms with Gasteiger partial charge in [0, 0.05) is 36.9 Å². The average Bonchev–Trinajstić information content (AvgIpc) is 2.75. The van der Waals surface area contributed by atoms with Crippen molar-refractivity contribution in [1.82, 2.24) is 15.1 Å². The van der Waals surface area contributed by atoms with Crippen LogP contribution in [0.4, 0.5) is 14.9 Å². The van der Waals surface area contributed by atoms with Crippen LogP contribution in [-0.4, -0.2) is 70.0 Å². The molecule has 0 spiro atoms. The van der Waals surface area contributed by atoms with Gasteiger partial charge in [-0.1, -0.05) is 30.3 Å². The zero-order valence-electron chi connectivity index (χ0n) is 19.7. The lowest BCUT2D eigenvalue weighted by molar-refractivity contribution is -0.119. The minimum atomic E-state index is -1.14. The number of ether oxygens (including phenoxy) is 1. The Labute approximate surface area is 209 Å². The third kappa shape index (κ3) is 8.16. The molecule has 0 bridgehead atoms. The molecule has 2 amide bonds. The van der Waals surface area contributed by atoms with Gasteiger partial charge in [-0.25, -0.2) is 9.18 Å². The molecule has 1 saturated heterocycles. The van der Waals surface area contributed by atoms with Gasteiger partial charge in [0.05, 0.1) is 13.0 Å². The predicted octanol–water partition coefficient (Wildman–Crippen LogP) is 2.62. The lowest BCUT2D eigenvalue weighted by Gasteiger charge is -2.41. The van der Waals surface area contributed by atoms with Crippen LogP contribution in [-0.2, 0) is 11.2 Å². The van der Waals surface area contributed by atoms with E-state index in [-0.39, 0.29) is 36.3 Å². The van der Waals surface area contributed by atoms with Crippen molar-refractivity contribution in [3.63, 3.8) is 0 Å². The van der Waals surface area contributed by atoms with Gasteiger partial charge in [-0.15, -0.1) is 0 Å². The minimum absolute atomic E-state index is 0.0309. The molecule has 1 aliphatic heterocycles. The molecule has 0 saturated carbocycles. The van der Waals surface area contributed by atoms with Crippen LogP contribution in [0.5, 0.6) is 5.75 Å². The van der Waals surface area contributed by atoms with Crippen LogP contribution in [0.2, 0.25) is 0 Å². The maximum absolute atomic E-state index is 14.8. The van der Waals surface area contributed by atoms with E-state index in [4.69, 9.17) is 22.7 Å². The molecule has 0 aliphatic carbocycles. The maximum Gasteiger partial charge on any atom is 0.410 e. The largest absolute Gasteiger partial charge is 0.466 e. The molecule has 0 aromatic heterocycles. The number of anilines is 1. The monoisotopic (exact) mass is 503 g/mol. The highest BCUT2D eigenvalue weighted by molar-refractivity contribution is 7.80. The number of carbonyl (C=O) groups is 2. The van der Waals surface area contributed by atoms with Gasteiger partial charge < -0.3 is 26.2 Å². The molecule has 1 heterocycles. The Morgan fingerprint density at radius 1 is 1.23 bits per heavy atom. The number of hydrogen-bond acceptors (Lipinski definition) is 6. The first-order chi connectivity index (χ1) is 16.5. The van der Waals surface area contributed by atoms with Crippen LogP contribution >= 0.6 is 12.2 Å². The van der Waals surface area contributed by atoms with Crippen molar-refractivity contribution >= 4 is 35.0 Å². The van der Waals surface area contributed by atoms with Crippen molar-refractivity contribution in [2.75, 3.05) is 31.5 Å². The van der Waals surface area contributed by atoms with Gasteiger partial charge >= 0.3 is 6.09 Å². The summed E-state index contributed by atoms with van der Waals surface area (Å²) in [6.07, 6.45) is -1.88. The van der Waals surface area contributed by atoms with E-state index in [0.717, 1.165) is 10.5 Å². The van der Waals surface area contributed by atoms with Crippen LogP contribution in [0.25, 0.3) is 0 Å². The first kappa shape index (κ1) is 26.3. The van der Waals surface area contributed by atoms with Crippen molar-refractivity contribution < 1.29 is 23.8 Å². The fraction of sp³-hybridized carbons (Fsp3) is 0.375. The van der Waals surface area contributed by atoms with Crippen molar-refractivity contribution in [3.05, 3.63) is 59.9 Å². The van der Waals surface area contributed by atoms with E-state index in [9.17, 15) is 19.1 Å². The molecule has 1 atom stereocenters. The summed E-state index contributed by atoms with van der Waals surface area (Å²) in [4.78, 5) is 27.0. The number of benzene rings is 2. The zero-order chi connectivity index (χ0) is 25.6. The molecular formula is C24H30FN5O4S. The molecule has 11 heteroatoms. The standard InChI is InChI=1S/C24H30FN5O4S/c1-24(2,26)15-29-10-11-30(23(32)33)21(14-29)34-19-9-8-17(13-18(19)25)27-22(35)28-20(31)12-16-6-4-3-5-7-16/h3-9,13,21H,10-12,14-15,26H2,1-2H3,(H,32,33)(H2,27,28,31,35). The summed E-state index contributed by atoms with van der Waals surface area (Å²) in [5.74, 6) is -1.10. The number of thiocarbonyl (C=S) groups is 1. The fourth-order valence-corrected chi connectivity index (χ4v) is 4.01. The Bertz CT molecular complexity index is 1060. The van der Waals surface area contributed by atoms with Crippen LogP contribution in [0, 0.1) is 5.82 Å². The van der Waals surface area contributed by atoms with Crippen LogP contribution < -0.4 is 21.1 Å². The second kappa shape index (κ2) is 11.4. The van der Waals surface area contributed by atoms with E-state index in [1.165, 1.54) is 18.2 Å². The molecule has 1 fully saturated rings. The Hall–Kier alpha value is -3.28. The van der Waals surface area contributed by atoms with Gasteiger partial charge in [-0.2, -0.15) is 0 Å². The predicted molar refractivity (Wildman–Crippen MR) is 135 cm³/mol. The van der Waals surface area contributed by atoms with E-state index in [1.807, 2.05) is 49.1 Å². The minimum Gasteiger partial charge on any atom is -0.466 e. The average molecular weight is 504 g/mol. The van der Waals surface area contributed by atoms with Crippen molar-refractivity contribution in [3.8, 4) is 5.75 Å². The van der Waals surface area contributed by atoms with E-state index in [2.05, 4.69) is 10.6 Å². The van der Waals surface area contributed by atoms with Crippen LogP contribution in [0.1, 0.15) is 19.4 Å². The normalized spacial score (nSPS) is 16.5. The molecule has 2 aromatic carbocycles. The molecule has 0 radical (unpaired) electrons. The number of hydrogen-bond donors (Lipinski definition) is 4. The number of amides is 2. The molecule has 35 heavy (non-hydrogen) atoms. The second-order valence-electron chi connectivity index (χ2n) is 9.08. The van der Waals surface area contributed by atoms with E-state index >= 15 is 0 Å². The fourth-order valence-electron chi connectivity index (χ4n) is 3.78. The quantitative estimate of drug-likeness (QED) is 0.426. The first-order valence-corrected chi connectivity index (χ1v) is 11.5. The van der Waals surface area contributed by atoms with Gasteiger partial charge in [-0.3, -0.25) is 14.6 Å². The molecule has 9 nitrogen and oxygen atoms in total. The lowest BCUT2D eigenvalue weighted by Crippen LogP contribution is -2.60.